The van der Waals surface area contributed by atoms with Crippen molar-refractivity contribution in [1.82, 2.24) is 4.98 Å². The largest absolute Gasteiger partial charge is 0.336 e. The Morgan fingerprint density at radius 3 is 2.72 bits per heavy atom. The number of benzene rings is 4. The number of H-pyrrole nitrogens is 1. The maximum Gasteiger partial charge on any atom is 0.305 e. The maximum absolute atomic E-state index is 12.0. The van der Waals surface area contributed by atoms with E-state index < -0.39 is 0 Å². The van der Waals surface area contributed by atoms with Crippen LogP contribution in [0, 0.1) is 0 Å². The van der Waals surface area contributed by atoms with Crippen molar-refractivity contribution in [1.29, 1.82) is 0 Å². The molecule has 0 saturated heterocycles. The first-order chi connectivity index (χ1) is 17.7. The predicted molar refractivity (Wildman–Crippen MR) is 152 cm³/mol. The summed E-state index contributed by atoms with van der Waals surface area (Å²) in [6, 6.07) is 28.2. The molecule has 4 heteroatoms. The highest BCUT2D eigenvalue weighted by Crippen LogP contribution is 2.44. The van der Waals surface area contributed by atoms with Gasteiger partial charge < -0.3 is 9.88 Å². The summed E-state index contributed by atoms with van der Waals surface area (Å²) in [6.45, 7) is 0.752. The number of rotatable bonds is 4. The number of aromatic nitrogens is 1. The zero-order valence-corrected chi connectivity index (χ0v) is 20.8. The highest BCUT2D eigenvalue weighted by Gasteiger charge is 2.24. The van der Waals surface area contributed by atoms with E-state index in [1.807, 2.05) is 6.07 Å². The van der Waals surface area contributed by atoms with Crippen LogP contribution in [0.15, 0.2) is 101 Å². The third kappa shape index (κ3) is 3.61. The molecule has 4 aromatic carbocycles. The number of fused-ring (bicyclic) bond motifs is 5. The fourth-order valence-electron chi connectivity index (χ4n) is 5.88. The van der Waals surface area contributed by atoms with Crippen molar-refractivity contribution < 1.29 is 0 Å². The Labute approximate surface area is 214 Å². The van der Waals surface area contributed by atoms with Gasteiger partial charge in [-0.15, -0.1) is 0 Å². The lowest BCUT2D eigenvalue weighted by atomic mass is 9.79. The van der Waals surface area contributed by atoms with Crippen LogP contribution in [0.25, 0.3) is 26.6 Å². The number of aryl methyl sites for hydroxylation is 1. The van der Waals surface area contributed by atoms with Gasteiger partial charge in [0.2, 0.25) is 0 Å². The Morgan fingerprint density at radius 1 is 0.889 bits per heavy atom. The summed E-state index contributed by atoms with van der Waals surface area (Å²) in [5, 5.41) is 2.62. The molecule has 7 rings (SSSR count). The van der Waals surface area contributed by atoms with Crippen molar-refractivity contribution in [3.63, 3.8) is 0 Å². The van der Waals surface area contributed by atoms with Gasteiger partial charge in [0.05, 0.1) is 10.2 Å². The molecular weight excluding hydrogens is 460 g/mol. The number of thiazole rings is 1. The molecule has 0 atom stereocenters. The summed E-state index contributed by atoms with van der Waals surface area (Å²) in [4.78, 5) is 17.4. The molecule has 0 amide bonds. The van der Waals surface area contributed by atoms with Crippen LogP contribution in [0.2, 0.25) is 0 Å². The third-order valence-electron chi connectivity index (χ3n) is 7.57. The van der Waals surface area contributed by atoms with Crippen molar-refractivity contribution in [2.45, 2.75) is 32.2 Å². The minimum absolute atomic E-state index is 0.0133. The highest BCUT2D eigenvalue weighted by molar-refractivity contribution is 7.16. The van der Waals surface area contributed by atoms with Crippen LogP contribution in [0.5, 0.6) is 0 Å². The van der Waals surface area contributed by atoms with E-state index in [-0.39, 0.29) is 4.87 Å². The first-order valence-corrected chi connectivity index (χ1v) is 13.4. The molecule has 0 saturated carbocycles. The van der Waals surface area contributed by atoms with E-state index in [9.17, 15) is 4.79 Å². The molecule has 3 nitrogen and oxygen atoms in total. The third-order valence-corrected chi connectivity index (χ3v) is 8.41. The van der Waals surface area contributed by atoms with Crippen LogP contribution < -0.4 is 9.77 Å². The van der Waals surface area contributed by atoms with Crippen molar-refractivity contribution >= 4 is 49.3 Å². The molecule has 36 heavy (non-hydrogen) atoms. The van der Waals surface area contributed by atoms with E-state index in [1.165, 1.54) is 56.5 Å². The molecule has 0 aliphatic heterocycles. The predicted octanol–water partition coefficient (Wildman–Crippen LogP) is 8.13. The molecule has 176 valence electrons. The first-order valence-electron chi connectivity index (χ1n) is 12.6. The van der Waals surface area contributed by atoms with Gasteiger partial charge in [0.1, 0.15) is 0 Å². The molecule has 1 aromatic heterocycles. The number of hydrogen-bond donors (Lipinski definition) is 1. The van der Waals surface area contributed by atoms with Crippen molar-refractivity contribution in [3.05, 3.63) is 123 Å². The number of nitrogens with one attached hydrogen (secondary N) is 1. The summed E-state index contributed by atoms with van der Waals surface area (Å²) < 4.78 is 0.986. The second-order valence-electron chi connectivity index (χ2n) is 9.69. The van der Waals surface area contributed by atoms with Crippen molar-refractivity contribution in [3.8, 4) is 0 Å². The van der Waals surface area contributed by atoms with Gasteiger partial charge in [0.15, 0.2) is 0 Å². The molecule has 0 fully saturated rings. The van der Waals surface area contributed by atoms with Gasteiger partial charge in [-0.1, -0.05) is 83.7 Å². The van der Waals surface area contributed by atoms with Gasteiger partial charge in [-0.2, -0.15) is 0 Å². The lowest BCUT2D eigenvalue weighted by Gasteiger charge is -2.30. The van der Waals surface area contributed by atoms with Crippen LogP contribution in [0.1, 0.15) is 36.0 Å². The first kappa shape index (κ1) is 21.4. The minimum Gasteiger partial charge on any atom is -0.336 e. The maximum atomic E-state index is 12.0. The van der Waals surface area contributed by atoms with E-state index in [0.29, 0.717) is 0 Å². The van der Waals surface area contributed by atoms with E-state index in [1.54, 1.807) is 5.57 Å². The zero-order valence-electron chi connectivity index (χ0n) is 20.0. The number of anilines is 2. The van der Waals surface area contributed by atoms with Crippen LogP contribution in [-0.4, -0.2) is 4.98 Å². The van der Waals surface area contributed by atoms with Crippen LogP contribution in [-0.2, 0) is 13.0 Å². The average Bonchev–Trinajstić information content (AvgIpc) is 3.31. The van der Waals surface area contributed by atoms with Crippen molar-refractivity contribution in [2.75, 3.05) is 4.90 Å². The lowest BCUT2D eigenvalue weighted by molar-refractivity contribution is 0.831. The summed E-state index contributed by atoms with van der Waals surface area (Å²) in [5.74, 6) is 0. The molecule has 2 aliphatic carbocycles. The van der Waals surface area contributed by atoms with Gasteiger partial charge in [-0.25, -0.2) is 0 Å². The molecule has 2 aliphatic rings. The summed E-state index contributed by atoms with van der Waals surface area (Å²) in [6.07, 6.45) is 9.23. The van der Waals surface area contributed by atoms with Crippen LogP contribution in [0.4, 0.5) is 11.4 Å². The smallest absolute Gasteiger partial charge is 0.305 e. The summed E-state index contributed by atoms with van der Waals surface area (Å²) in [5.41, 5.74) is 10.4. The SMILES string of the molecule is O=c1[nH]c2ccc(N(Cc3ccccc3)c3cccc4ccc5c(c34)CCC3=C5C=CCC3)cc2s1. The quantitative estimate of drug-likeness (QED) is 0.278. The van der Waals surface area contributed by atoms with E-state index in [2.05, 4.69) is 94.8 Å². The number of hydrogen-bond acceptors (Lipinski definition) is 3. The Kier molecular flexibility index (Phi) is 5.14. The topological polar surface area (TPSA) is 36.1 Å². The summed E-state index contributed by atoms with van der Waals surface area (Å²) in [7, 11) is 0. The van der Waals surface area contributed by atoms with Gasteiger partial charge in [-0.05, 0) is 77.6 Å². The van der Waals surface area contributed by atoms with Gasteiger partial charge in [0.25, 0.3) is 0 Å². The number of nitrogens with zero attached hydrogens (tertiary/aromatic N) is 1. The Bertz CT molecular complexity index is 1740. The Balaban J connectivity index is 1.46. The second kappa shape index (κ2) is 8.65. The molecular formula is C32H26N2OS. The molecule has 5 aromatic rings. The van der Waals surface area contributed by atoms with Crippen molar-refractivity contribution in [2.24, 2.45) is 0 Å². The Morgan fingerprint density at radius 2 is 1.81 bits per heavy atom. The fraction of sp³-hybridized carbons (Fsp3) is 0.156. The highest BCUT2D eigenvalue weighted by atomic mass is 32.1. The molecule has 1 N–H and O–H groups in total. The normalized spacial score (nSPS) is 14.8. The van der Waals surface area contributed by atoms with Gasteiger partial charge >= 0.3 is 4.87 Å². The van der Waals surface area contributed by atoms with E-state index >= 15 is 0 Å². The molecule has 0 radical (unpaired) electrons. The molecule has 0 bridgehead atoms. The van der Waals surface area contributed by atoms with Gasteiger partial charge in [0, 0.05) is 23.3 Å². The van der Waals surface area contributed by atoms with Crippen LogP contribution in [0.3, 0.4) is 0 Å². The lowest BCUT2D eigenvalue weighted by Crippen LogP contribution is -2.18. The van der Waals surface area contributed by atoms with Gasteiger partial charge in [-0.3, -0.25) is 4.79 Å². The van der Waals surface area contributed by atoms with E-state index in [0.717, 1.165) is 41.7 Å². The average molecular weight is 487 g/mol. The number of aromatic amines is 1. The Hall–Kier alpha value is -3.89. The molecule has 1 heterocycles. The second-order valence-corrected chi connectivity index (χ2v) is 10.7. The summed E-state index contributed by atoms with van der Waals surface area (Å²) >= 11 is 1.27. The standard InChI is InChI=1S/C32H26N2OS/c35-32-33-28-18-15-24(19-30(28)36-32)34(20-21-7-2-1-3-8-21)29-12-6-10-23-14-16-26-25-11-5-4-9-22(25)13-17-27(26)31(23)29/h1-3,5-8,10-12,14-16,18-19H,4,9,13,17,20H2,(H,33,35). The monoisotopic (exact) mass is 486 g/mol. The van der Waals surface area contributed by atoms with E-state index in [4.69, 9.17) is 0 Å². The number of allylic oxidation sites excluding steroid dienone is 4. The zero-order chi connectivity index (χ0) is 24.1. The molecule has 0 unspecified atom stereocenters. The van der Waals surface area contributed by atoms with Crippen LogP contribution >= 0.6 is 11.3 Å². The minimum atomic E-state index is -0.0133. The fourth-order valence-corrected chi connectivity index (χ4v) is 6.65. The molecule has 0 spiro atoms.